The second-order valence-electron chi connectivity index (χ2n) is 6.07. The quantitative estimate of drug-likeness (QED) is 0.799. The van der Waals surface area contributed by atoms with E-state index in [9.17, 15) is 9.59 Å². The summed E-state index contributed by atoms with van der Waals surface area (Å²) in [6.45, 7) is 3.59. The molecule has 0 spiro atoms. The number of hydrogen-bond acceptors (Lipinski definition) is 3. The number of rotatable bonds is 3. The molecule has 21 heavy (non-hydrogen) atoms. The molecular formula is C16H23N3O2. The first-order valence-electron chi connectivity index (χ1n) is 7.37. The molecule has 0 saturated heterocycles. The molecule has 1 saturated carbocycles. The molecule has 1 aromatic carbocycles. The van der Waals surface area contributed by atoms with Crippen LogP contribution in [0.15, 0.2) is 24.3 Å². The van der Waals surface area contributed by atoms with Crippen LogP contribution in [0.5, 0.6) is 0 Å². The zero-order valence-corrected chi connectivity index (χ0v) is 12.6. The summed E-state index contributed by atoms with van der Waals surface area (Å²) >= 11 is 0. The summed E-state index contributed by atoms with van der Waals surface area (Å²) in [5, 5.41) is 5.56. The van der Waals surface area contributed by atoms with Gasteiger partial charge in [0, 0.05) is 18.3 Å². The summed E-state index contributed by atoms with van der Waals surface area (Å²) in [4.78, 5) is 23.3. The van der Waals surface area contributed by atoms with Crippen LogP contribution in [-0.2, 0) is 9.59 Å². The van der Waals surface area contributed by atoms with Crippen molar-refractivity contribution in [1.29, 1.82) is 0 Å². The first-order valence-corrected chi connectivity index (χ1v) is 7.37. The molecule has 2 unspecified atom stereocenters. The summed E-state index contributed by atoms with van der Waals surface area (Å²) < 4.78 is 0. The summed E-state index contributed by atoms with van der Waals surface area (Å²) in [5.41, 5.74) is 6.89. The topological polar surface area (TPSA) is 84.2 Å². The van der Waals surface area contributed by atoms with E-state index in [1.54, 1.807) is 24.3 Å². The fourth-order valence-electron chi connectivity index (χ4n) is 2.89. The number of carbonyl (C=O) groups is 2. The fraction of sp³-hybridized carbons (Fsp3) is 0.500. The maximum absolute atomic E-state index is 12.4. The predicted molar refractivity (Wildman–Crippen MR) is 83.9 cm³/mol. The molecule has 4 N–H and O–H groups in total. The van der Waals surface area contributed by atoms with E-state index in [4.69, 9.17) is 5.73 Å². The van der Waals surface area contributed by atoms with Gasteiger partial charge in [-0.2, -0.15) is 0 Å². The van der Waals surface area contributed by atoms with Crippen molar-refractivity contribution in [2.75, 3.05) is 10.6 Å². The van der Waals surface area contributed by atoms with Crippen LogP contribution < -0.4 is 16.4 Å². The van der Waals surface area contributed by atoms with Crippen molar-refractivity contribution in [2.24, 2.45) is 11.7 Å². The van der Waals surface area contributed by atoms with Gasteiger partial charge in [0.1, 0.15) is 0 Å². The molecule has 0 radical (unpaired) electrons. The summed E-state index contributed by atoms with van der Waals surface area (Å²) in [6.07, 6.45) is 3.58. The molecule has 1 fully saturated rings. The average molecular weight is 289 g/mol. The third kappa shape index (κ3) is 4.04. The van der Waals surface area contributed by atoms with Crippen molar-refractivity contribution in [3.63, 3.8) is 0 Å². The lowest BCUT2D eigenvalue weighted by Crippen LogP contribution is -2.53. The third-order valence-electron chi connectivity index (χ3n) is 3.95. The molecule has 5 nitrogen and oxygen atoms in total. The normalized spacial score (nSPS) is 25.2. The lowest BCUT2D eigenvalue weighted by Gasteiger charge is -2.35. The van der Waals surface area contributed by atoms with Gasteiger partial charge < -0.3 is 16.4 Å². The number of benzene rings is 1. The van der Waals surface area contributed by atoms with Gasteiger partial charge in [-0.15, -0.1) is 0 Å². The van der Waals surface area contributed by atoms with Crippen LogP contribution in [0.3, 0.4) is 0 Å². The number of carbonyl (C=O) groups excluding carboxylic acids is 2. The standard InChI is InChI=1S/C16H23N3O2/c1-11-4-3-9-16(17,10-11)15(21)19-14-7-5-13(6-8-14)18-12(2)20/h5-8,11H,3-4,9-10,17H2,1-2H3,(H,18,20)(H,19,21). The lowest BCUT2D eigenvalue weighted by molar-refractivity contribution is -0.122. The number of amides is 2. The van der Waals surface area contributed by atoms with Gasteiger partial charge in [-0.25, -0.2) is 0 Å². The smallest absolute Gasteiger partial charge is 0.244 e. The zero-order valence-electron chi connectivity index (χ0n) is 12.6. The molecule has 1 aliphatic rings. The minimum atomic E-state index is -0.770. The van der Waals surface area contributed by atoms with Crippen LogP contribution in [0, 0.1) is 5.92 Å². The Morgan fingerprint density at radius 1 is 1.19 bits per heavy atom. The first kappa shape index (κ1) is 15.5. The van der Waals surface area contributed by atoms with Gasteiger partial charge in [-0.1, -0.05) is 19.8 Å². The highest BCUT2D eigenvalue weighted by molar-refractivity contribution is 5.98. The number of nitrogens with two attached hydrogens (primary N) is 1. The second-order valence-corrected chi connectivity index (χ2v) is 6.07. The van der Waals surface area contributed by atoms with Gasteiger partial charge >= 0.3 is 0 Å². The van der Waals surface area contributed by atoms with Gasteiger partial charge in [0.05, 0.1) is 5.54 Å². The van der Waals surface area contributed by atoms with E-state index in [0.717, 1.165) is 25.7 Å². The monoisotopic (exact) mass is 289 g/mol. The SMILES string of the molecule is CC(=O)Nc1ccc(NC(=O)C2(N)CCCC(C)C2)cc1. The Morgan fingerprint density at radius 3 is 2.29 bits per heavy atom. The molecule has 5 heteroatoms. The van der Waals surface area contributed by atoms with Crippen molar-refractivity contribution in [1.82, 2.24) is 0 Å². The molecule has 0 aromatic heterocycles. The number of hydrogen-bond donors (Lipinski definition) is 3. The molecule has 2 rings (SSSR count). The Balaban J connectivity index is 2.00. The molecule has 1 aliphatic carbocycles. The molecule has 2 atom stereocenters. The van der Waals surface area contributed by atoms with Crippen molar-refractivity contribution in [2.45, 2.75) is 45.1 Å². The average Bonchev–Trinajstić information content (AvgIpc) is 2.40. The van der Waals surface area contributed by atoms with E-state index in [2.05, 4.69) is 17.6 Å². The molecule has 0 aliphatic heterocycles. The molecule has 1 aromatic rings. The summed E-state index contributed by atoms with van der Waals surface area (Å²) in [5.74, 6) is 0.238. The van der Waals surface area contributed by atoms with E-state index in [0.29, 0.717) is 17.3 Å². The highest BCUT2D eigenvalue weighted by Gasteiger charge is 2.37. The van der Waals surface area contributed by atoms with E-state index < -0.39 is 5.54 Å². The van der Waals surface area contributed by atoms with E-state index in [1.165, 1.54) is 6.92 Å². The zero-order chi connectivity index (χ0) is 15.5. The van der Waals surface area contributed by atoms with E-state index in [-0.39, 0.29) is 11.8 Å². The fourth-order valence-corrected chi connectivity index (χ4v) is 2.89. The Hall–Kier alpha value is -1.88. The van der Waals surface area contributed by atoms with Gasteiger partial charge in [-0.05, 0) is 43.0 Å². The van der Waals surface area contributed by atoms with Gasteiger partial charge in [0.15, 0.2) is 0 Å². The highest BCUT2D eigenvalue weighted by Crippen LogP contribution is 2.31. The second kappa shape index (κ2) is 6.26. The maximum atomic E-state index is 12.4. The van der Waals surface area contributed by atoms with E-state index in [1.807, 2.05) is 0 Å². The van der Waals surface area contributed by atoms with Crippen LogP contribution in [0.25, 0.3) is 0 Å². The third-order valence-corrected chi connectivity index (χ3v) is 3.95. The van der Waals surface area contributed by atoms with Crippen molar-refractivity contribution in [3.8, 4) is 0 Å². The van der Waals surface area contributed by atoms with Gasteiger partial charge in [0.25, 0.3) is 0 Å². The van der Waals surface area contributed by atoms with Crippen LogP contribution in [-0.4, -0.2) is 17.4 Å². The molecule has 0 heterocycles. The Labute approximate surface area is 125 Å². The lowest BCUT2D eigenvalue weighted by atomic mass is 9.76. The predicted octanol–water partition coefficient (Wildman–Crippen LogP) is 2.49. The molecular weight excluding hydrogens is 266 g/mol. The van der Waals surface area contributed by atoms with Crippen LogP contribution in [0.1, 0.15) is 39.5 Å². The Morgan fingerprint density at radius 2 is 1.76 bits per heavy atom. The van der Waals surface area contributed by atoms with E-state index >= 15 is 0 Å². The van der Waals surface area contributed by atoms with Crippen molar-refractivity contribution >= 4 is 23.2 Å². The van der Waals surface area contributed by atoms with Gasteiger partial charge in [-0.3, -0.25) is 9.59 Å². The number of anilines is 2. The minimum Gasteiger partial charge on any atom is -0.326 e. The van der Waals surface area contributed by atoms with Crippen LogP contribution in [0.2, 0.25) is 0 Å². The Bertz CT molecular complexity index is 527. The molecule has 2 amide bonds. The Kier molecular flexibility index (Phi) is 4.63. The van der Waals surface area contributed by atoms with Crippen molar-refractivity contribution < 1.29 is 9.59 Å². The maximum Gasteiger partial charge on any atom is 0.244 e. The molecule has 114 valence electrons. The minimum absolute atomic E-state index is 0.121. The van der Waals surface area contributed by atoms with Crippen LogP contribution >= 0.6 is 0 Å². The first-order chi connectivity index (χ1) is 9.89. The van der Waals surface area contributed by atoms with Crippen LogP contribution in [0.4, 0.5) is 11.4 Å². The number of nitrogens with one attached hydrogen (secondary N) is 2. The molecule has 0 bridgehead atoms. The highest BCUT2D eigenvalue weighted by atomic mass is 16.2. The van der Waals surface area contributed by atoms with Gasteiger partial charge in [0.2, 0.25) is 11.8 Å². The largest absolute Gasteiger partial charge is 0.326 e. The summed E-state index contributed by atoms with van der Waals surface area (Å²) in [7, 11) is 0. The van der Waals surface area contributed by atoms with Crippen molar-refractivity contribution in [3.05, 3.63) is 24.3 Å². The summed E-state index contributed by atoms with van der Waals surface area (Å²) in [6, 6.07) is 7.03.